The summed E-state index contributed by atoms with van der Waals surface area (Å²) in [5.74, 6) is 5.58. The first-order valence-corrected chi connectivity index (χ1v) is 8.40. The Morgan fingerprint density at radius 2 is 1.23 bits per heavy atom. The van der Waals surface area contributed by atoms with Crippen molar-refractivity contribution >= 4 is 27.5 Å². The van der Waals surface area contributed by atoms with Gasteiger partial charge < -0.3 is 5.11 Å². The summed E-state index contributed by atoms with van der Waals surface area (Å²) in [6.07, 6.45) is 0. The van der Waals surface area contributed by atoms with Gasteiger partial charge in [-0.05, 0) is 58.3 Å². The van der Waals surface area contributed by atoms with Crippen LogP contribution < -0.4 is 0 Å². The second-order valence-corrected chi connectivity index (χ2v) is 6.22. The van der Waals surface area contributed by atoms with Crippen molar-refractivity contribution in [2.75, 3.05) is 0 Å². The molecule has 2 heteroatoms. The summed E-state index contributed by atoms with van der Waals surface area (Å²) in [5.41, 5.74) is 3.32. The first-order valence-electron chi connectivity index (χ1n) is 8.40. The number of carbonyl (C=O) groups is 1. The number of hydrogen-bond donors (Lipinski definition) is 1. The fourth-order valence-corrected chi connectivity index (χ4v) is 3.31. The van der Waals surface area contributed by atoms with Crippen molar-refractivity contribution in [1.82, 2.24) is 0 Å². The molecule has 1 N–H and O–H groups in total. The fourth-order valence-electron chi connectivity index (χ4n) is 3.31. The molecule has 4 aromatic carbocycles. The molecule has 4 aromatic rings. The second kappa shape index (κ2) is 6.38. The van der Waals surface area contributed by atoms with Gasteiger partial charge in [0.25, 0.3) is 0 Å². The van der Waals surface area contributed by atoms with E-state index in [0.717, 1.165) is 21.9 Å². The molecular weight excluding hydrogens is 320 g/mol. The zero-order chi connectivity index (χ0) is 18.1. The van der Waals surface area contributed by atoms with E-state index in [1.54, 1.807) is 24.3 Å². The molecule has 124 valence electrons. The van der Waals surface area contributed by atoms with Crippen LogP contribution in [0.15, 0.2) is 72.8 Å². The van der Waals surface area contributed by atoms with Gasteiger partial charge in [-0.3, -0.25) is 0 Å². The standard InChI is InChI=1S/C24H16O2/c1-16-19-6-2-4-8-21(19)23(22-9-5-3-7-20(16)22)15-12-17-10-13-18(14-11-17)24(25)26/h2-11,13-14H,1H3,(H,25,26). The number of carboxylic acids is 1. The highest BCUT2D eigenvalue weighted by molar-refractivity contribution is 6.07. The monoisotopic (exact) mass is 336 g/mol. The molecule has 0 saturated heterocycles. The fraction of sp³-hybridized carbons (Fsp3) is 0.0417. The zero-order valence-corrected chi connectivity index (χ0v) is 14.3. The van der Waals surface area contributed by atoms with Crippen LogP contribution in [0.1, 0.15) is 27.0 Å². The summed E-state index contributed by atoms with van der Waals surface area (Å²) in [6.45, 7) is 2.15. The molecule has 0 atom stereocenters. The minimum atomic E-state index is -0.931. The summed E-state index contributed by atoms with van der Waals surface area (Å²) in [7, 11) is 0. The van der Waals surface area contributed by atoms with E-state index in [2.05, 4.69) is 43.0 Å². The summed E-state index contributed by atoms with van der Waals surface area (Å²) in [4.78, 5) is 11.0. The van der Waals surface area contributed by atoms with Crippen LogP contribution in [-0.4, -0.2) is 11.1 Å². The molecule has 0 aliphatic carbocycles. The summed E-state index contributed by atoms with van der Waals surface area (Å²) in [6, 6.07) is 23.3. The van der Waals surface area contributed by atoms with Gasteiger partial charge in [-0.15, -0.1) is 0 Å². The van der Waals surface area contributed by atoms with Gasteiger partial charge in [0.15, 0.2) is 0 Å². The molecular formula is C24H16O2. The molecule has 0 amide bonds. The van der Waals surface area contributed by atoms with Gasteiger partial charge in [0.2, 0.25) is 0 Å². The van der Waals surface area contributed by atoms with Crippen molar-refractivity contribution in [2.45, 2.75) is 6.92 Å². The van der Waals surface area contributed by atoms with E-state index in [0.29, 0.717) is 0 Å². The lowest BCUT2D eigenvalue weighted by molar-refractivity contribution is 0.0697. The minimum absolute atomic E-state index is 0.266. The summed E-state index contributed by atoms with van der Waals surface area (Å²) < 4.78 is 0. The number of aromatic carboxylic acids is 1. The Kier molecular flexibility index (Phi) is 3.91. The SMILES string of the molecule is Cc1c2ccccc2c(C#Cc2ccc(C(=O)O)cc2)c2ccccc12. The Morgan fingerprint density at radius 1 is 0.731 bits per heavy atom. The molecule has 0 bridgehead atoms. The normalized spacial score (nSPS) is 10.5. The third-order valence-electron chi connectivity index (χ3n) is 4.66. The average molecular weight is 336 g/mol. The van der Waals surface area contributed by atoms with Gasteiger partial charge in [-0.2, -0.15) is 0 Å². The molecule has 0 spiro atoms. The van der Waals surface area contributed by atoms with Crippen LogP contribution in [0.3, 0.4) is 0 Å². The van der Waals surface area contributed by atoms with Crippen molar-refractivity contribution in [3.05, 3.63) is 95.1 Å². The molecule has 0 aromatic heterocycles. The molecule has 0 heterocycles. The predicted octanol–water partition coefficient (Wildman–Crippen LogP) is 5.40. The number of fused-ring (bicyclic) bond motifs is 2. The van der Waals surface area contributed by atoms with E-state index in [4.69, 9.17) is 5.11 Å². The Balaban J connectivity index is 1.94. The highest BCUT2D eigenvalue weighted by atomic mass is 16.4. The molecule has 4 rings (SSSR count). The van der Waals surface area contributed by atoms with E-state index in [9.17, 15) is 4.79 Å². The maximum atomic E-state index is 11.0. The smallest absolute Gasteiger partial charge is 0.335 e. The first kappa shape index (κ1) is 15.9. The number of aryl methyl sites for hydroxylation is 1. The number of hydrogen-bond acceptors (Lipinski definition) is 1. The third-order valence-corrected chi connectivity index (χ3v) is 4.66. The van der Waals surface area contributed by atoms with Crippen molar-refractivity contribution in [3.8, 4) is 11.8 Å². The molecule has 26 heavy (non-hydrogen) atoms. The Bertz CT molecular complexity index is 1150. The van der Waals surface area contributed by atoms with Gasteiger partial charge in [0.05, 0.1) is 5.56 Å². The maximum Gasteiger partial charge on any atom is 0.335 e. The van der Waals surface area contributed by atoms with Gasteiger partial charge >= 0.3 is 5.97 Å². The van der Waals surface area contributed by atoms with Crippen LogP contribution in [0.25, 0.3) is 21.5 Å². The predicted molar refractivity (Wildman–Crippen MR) is 106 cm³/mol. The van der Waals surface area contributed by atoms with Crippen molar-refractivity contribution < 1.29 is 9.90 Å². The molecule has 0 aliphatic rings. The lowest BCUT2D eigenvalue weighted by Gasteiger charge is -2.10. The second-order valence-electron chi connectivity index (χ2n) is 6.22. The van der Waals surface area contributed by atoms with Crippen molar-refractivity contribution in [2.24, 2.45) is 0 Å². The Morgan fingerprint density at radius 3 is 1.73 bits per heavy atom. The lowest BCUT2D eigenvalue weighted by Crippen LogP contribution is -1.95. The van der Waals surface area contributed by atoms with E-state index in [1.807, 2.05) is 24.3 Å². The maximum absolute atomic E-state index is 11.0. The van der Waals surface area contributed by atoms with Crippen LogP contribution in [-0.2, 0) is 0 Å². The molecule has 0 saturated carbocycles. The van der Waals surface area contributed by atoms with Crippen LogP contribution in [0.2, 0.25) is 0 Å². The highest BCUT2D eigenvalue weighted by Gasteiger charge is 2.09. The van der Waals surface area contributed by atoms with Crippen molar-refractivity contribution in [1.29, 1.82) is 0 Å². The lowest BCUT2D eigenvalue weighted by atomic mass is 9.92. The number of carboxylic acid groups (broad SMARTS) is 1. The van der Waals surface area contributed by atoms with Gasteiger partial charge in [-0.25, -0.2) is 4.79 Å². The Hall–Kier alpha value is -3.57. The quantitative estimate of drug-likeness (QED) is 0.373. The van der Waals surface area contributed by atoms with Gasteiger partial charge in [0, 0.05) is 11.1 Å². The minimum Gasteiger partial charge on any atom is -0.478 e. The number of benzene rings is 4. The molecule has 0 radical (unpaired) electrons. The zero-order valence-electron chi connectivity index (χ0n) is 14.3. The first-order chi connectivity index (χ1) is 12.6. The van der Waals surface area contributed by atoms with E-state index in [-0.39, 0.29) is 5.56 Å². The van der Waals surface area contributed by atoms with Crippen molar-refractivity contribution in [3.63, 3.8) is 0 Å². The van der Waals surface area contributed by atoms with Crippen LogP contribution in [0.5, 0.6) is 0 Å². The van der Waals surface area contributed by atoms with E-state index < -0.39 is 5.97 Å². The summed E-state index contributed by atoms with van der Waals surface area (Å²) >= 11 is 0. The Labute approximate surface area is 151 Å². The molecule has 0 unspecified atom stereocenters. The highest BCUT2D eigenvalue weighted by Crippen LogP contribution is 2.31. The van der Waals surface area contributed by atoms with Crippen LogP contribution >= 0.6 is 0 Å². The van der Waals surface area contributed by atoms with Crippen LogP contribution in [0, 0.1) is 18.8 Å². The summed E-state index contributed by atoms with van der Waals surface area (Å²) in [5, 5.41) is 13.7. The van der Waals surface area contributed by atoms with Gasteiger partial charge in [-0.1, -0.05) is 60.4 Å². The molecule has 2 nitrogen and oxygen atoms in total. The number of rotatable bonds is 1. The van der Waals surface area contributed by atoms with E-state index >= 15 is 0 Å². The molecule has 0 aliphatic heterocycles. The average Bonchev–Trinajstić information content (AvgIpc) is 2.68. The molecule has 0 fully saturated rings. The van der Waals surface area contributed by atoms with Crippen LogP contribution in [0.4, 0.5) is 0 Å². The third kappa shape index (κ3) is 2.70. The topological polar surface area (TPSA) is 37.3 Å². The van der Waals surface area contributed by atoms with Gasteiger partial charge in [0.1, 0.15) is 0 Å². The van der Waals surface area contributed by atoms with E-state index in [1.165, 1.54) is 16.3 Å². The largest absolute Gasteiger partial charge is 0.478 e.